The smallest absolute Gasteiger partial charge is 0.290 e. The van der Waals surface area contributed by atoms with Gasteiger partial charge in [0.25, 0.3) is 6.47 Å². The van der Waals surface area contributed by atoms with Gasteiger partial charge in [0.05, 0.1) is 12.1 Å². The number of anilines is 3. The maximum Gasteiger partial charge on any atom is 0.290 e. The van der Waals surface area contributed by atoms with Crippen LogP contribution in [0.2, 0.25) is 0 Å². The number of hydrogen-bond donors (Lipinski definition) is 3. The van der Waals surface area contributed by atoms with Crippen LogP contribution in [0.15, 0.2) is 48.7 Å². The third kappa shape index (κ3) is 5.28. The van der Waals surface area contributed by atoms with Gasteiger partial charge in [-0.2, -0.15) is 0 Å². The molecule has 4 rings (SSSR count). The number of benzene rings is 2. The van der Waals surface area contributed by atoms with E-state index in [0.717, 1.165) is 38.6 Å². The summed E-state index contributed by atoms with van der Waals surface area (Å²) in [6.45, 7) is 2.99. The van der Waals surface area contributed by atoms with Gasteiger partial charge < -0.3 is 20.5 Å². The van der Waals surface area contributed by atoms with E-state index in [1.165, 1.54) is 0 Å². The Morgan fingerprint density at radius 2 is 2.00 bits per heavy atom. The number of aromatic nitrogens is 3. The van der Waals surface area contributed by atoms with Crippen LogP contribution >= 0.6 is 0 Å². The van der Waals surface area contributed by atoms with Crippen LogP contribution in [0.1, 0.15) is 11.1 Å². The first-order valence-electron chi connectivity index (χ1n) is 9.81. The van der Waals surface area contributed by atoms with Crippen LogP contribution in [-0.4, -0.2) is 46.8 Å². The number of ether oxygens (including phenoxy) is 1. The molecule has 0 spiro atoms. The maximum absolute atomic E-state index is 8.36. The first kappa shape index (κ1) is 22.5. The monoisotopic (exact) mass is 429 g/mol. The SMILES string of the molecule is C#Cc1cccc(Nc2nc3cc(C)ccc3c3cnc(NCCOC)nc23)c1.O=CO. The molecule has 0 aliphatic carbocycles. The van der Waals surface area contributed by atoms with Crippen LogP contribution in [0, 0.1) is 19.3 Å². The Labute approximate surface area is 185 Å². The first-order valence-corrected chi connectivity index (χ1v) is 9.81. The number of aryl methyl sites for hydroxylation is 1. The van der Waals surface area contributed by atoms with Crippen molar-refractivity contribution in [2.45, 2.75) is 6.92 Å². The Hall–Kier alpha value is -4.22. The number of nitrogens with one attached hydrogen (secondary N) is 2. The van der Waals surface area contributed by atoms with Crippen molar-refractivity contribution in [3.05, 3.63) is 59.8 Å². The van der Waals surface area contributed by atoms with Crippen molar-refractivity contribution in [2.24, 2.45) is 0 Å². The van der Waals surface area contributed by atoms with Crippen LogP contribution in [0.3, 0.4) is 0 Å². The second-order valence-corrected chi connectivity index (χ2v) is 6.81. The molecule has 0 aliphatic heterocycles. The van der Waals surface area contributed by atoms with Crippen LogP contribution < -0.4 is 10.6 Å². The third-order valence-corrected chi connectivity index (χ3v) is 4.57. The van der Waals surface area contributed by atoms with E-state index >= 15 is 0 Å². The van der Waals surface area contributed by atoms with Gasteiger partial charge in [-0.1, -0.05) is 24.1 Å². The van der Waals surface area contributed by atoms with Crippen LogP contribution in [0.25, 0.3) is 21.8 Å². The lowest BCUT2D eigenvalue weighted by Crippen LogP contribution is -2.10. The number of carbonyl (C=O) groups is 1. The largest absolute Gasteiger partial charge is 0.483 e. The van der Waals surface area contributed by atoms with E-state index in [0.29, 0.717) is 24.9 Å². The van der Waals surface area contributed by atoms with Crippen LogP contribution in [0.4, 0.5) is 17.5 Å². The number of rotatable bonds is 6. The average molecular weight is 429 g/mol. The van der Waals surface area contributed by atoms with E-state index in [4.69, 9.17) is 31.0 Å². The van der Waals surface area contributed by atoms with Crippen molar-refractivity contribution in [3.63, 3.8) is 0 Å². The van der Waals surface area contributed by atoms with Crippen molar-refractivity contribution < 1.29 is 14.6 Å². The number of terminal acetylenes is 1. The van der Waals surface area contributed by atoms with Gasteiger partial charge in [0.1, 0.15) is 5.52 Å². The molecule has 0 atom stereocenters. The Balaban J connectivity index is 0.000000913. The summed E-state index contributed by atoms with van der Waals surface area (Å²) < 4.78 is 5.09. The molecule has 32 heavy (non-hydrogen) atoms. The van der Waals surface area contributed by atoms with Gasteiger partial charge in [-0.25, -0.2) is 15.0 Å². The van der Waals surface area contributed by atoms with Crippen molar-refractivity contribution >= 4 is 45.7 Å². The maximum atomic E-state index is 8.36. The highest BCUT2D eigenvalue weighted by Gasteiger charge is 2.12. The Kier molecular flexibility index (Phi) is 7.51. The molecule has 162 valence electrons. The quantitative estimate of drug-likeness (QED) is 0.183. The van der Waals surface area contributed by atoms with Gasteiger partial charge >= 0.3 is 0 Å². The summed E-state index contributed by atoms with van der Waals surface area (Å²) in [7, 11) is 1.66. The molecule has 2 aromatic heterocycles. The predicted molar refractivity (Wildman–Crippen MR) is 126 cm³/mol. The third-order valence-electron chi connectivity index (χ3n) is 4.57. The van der Waals surface area contributed by atoms with Gasteiger partial charge in [-0.3, -0.25) is 4.79 Å². The number of nitrogens with zero attached hydrogens (tertiary/aromatic N) is 3. The van der Waals surface area contributed by atoms with Gasteiger partial charge in [-0.15, -0.1) is 6.42 Å². The lowest BCUT2D eigenvalue weighted by atomic mass is 10.1. The van der Waals surface area contributed by atoms with Crippen molar-refractivity contribution in [1.29, 1.82) is 0 Å². The topological polar surface area (TPSA) is 109 Å². The van der Waals surface area contributed by atoms with Gasteiger partial charge in [0.15, 0.2) is 5.82 Å². The standard InChI is InChI=1S/C23H21N5O.CH2O2/c1-4-16-6-5-7-17(13-16)26-22-21-19(14-25-23(28-21)24-10-11-29-3)18-9-8-15(2)12-20(18)27-22;2-1-3/h1,5-9,12-14H,10-11H2,2-3H3,(H,26,27)(H,24,25,28);1H,(H,2,3). The fourth-order valence-corrected chi connectivity index (χ4v) is 3.16. The minimum absolute atomic E-state index is 0.250. The summed E-state index contributed by atoms with van der Waals surface area (Å²) in [6, 6.07) is 13.9. The highest BCUT2D eigenvalue weighted by Crippen LogP contribution is 2.30. The summed E-state index contributed by atoms with van der Waals surface area (Å²) >= 11 is 0. The zero-order valence-electron chi connectivity index (χ0n) is 17.8. The Morgan fingerprint density at radius 3 is 2.75 bits per heavy atom. The molecular weight excluding hydrogens is 406 g/mol. The number of carboxylic acid groups (broad SMARTS) is 1. The van der Waals surface area contributed by atoms with E-state index < -0.39 is 0 Å². The molecule has 8 heteroatoms. The normalized spacial score (nSPS) is 10.2. The second-order valence-electron chi connectivity index (χ2n) is 6.81. The molecule has 8 nitrogen and oxygen atoms in total. The van der Waals surface area contributed by atoms with E-state index in [9.17, 15) is 0 Å². The summed E-state index contributed by atoms with van der Waals surface area (Å²) in [4.78, 5) is 22.4. The molecule has 0 unspecified atom stereocenters. The molecule has 0 aliphatic rings. The fraction of sp³-hybridized carbons (Fsp3) is 0.167. The second kappa shape index (κ2) is 10.7. The molecule has 0 amide bonds. The average Bonchev–Trinajstić information content (AvgIpc) is 2.80. The van der Waals surface area contributed by atoms with Crippen molar-refractivity contribution in [2.75, 3.05) is 30.9 Å². The Bertz CT molecular complexity index is 1280. The van der Waals surface area contributed by atoms with Gasteiger partial charge in [0.2, 0.25) is 5.95 Å². The van der Waals surface area contributed by atoms with E-state index in [1.54, 1.807) is 7.11 Å². The number of pyridine rings is 1. The molecule has 0 radical (unpaired) electrons. The summed E-state index contributed by atoms with van der Waals surface area (Å²) in [6.07, 6.45) is 7.37. The van der Waals surface area contributed by atoms with E-state index in [1.807, 2.05) is 37.4 Å². The summed E-state index contributed by atoms with van der Waals surface area (Å²) in [5.74, 6) is 3.85. The predicted octanol–water partition coefficient (Wildman–Crippen LogP) is 3.97. The molecule has 4 aromatic rings. The molecule has 2 heterocycles. The molecular formula is C24H23N5O3. The van der Waals surface area contributed by atoms with Crippen LogP contribution in [-0.2, 0) is 9.53 Å². The highest BCUT2D eigenvalue weighted by molar-refractivity contribution is 6.08. The minimum Gasteiger partial charge on any atom is -0.483 e. The number of hydrogen-bond acceptors (Lipinski definition) is 7. The van der Waals surface area contributed by atoms with Crippen molar-refractivity contribution in [3.8, 4) is 12.3 Å². The lowest BCUT2D eigenvalue weighted by molar-refractivity contribution is -0.122. The molecule has 2 aromatic carbocycles. The highest BCUT2D eigenvalue weighted by atomic mass is 16.5. The molecule has 0 saturated carbocycles. The van der Waals surface area contributed by atoms with Gasteiger partial charge in [-0.05, 0) is 36.8 Å². The van der Waals surface area contributed by atoms with Crippen LogP contribution in [0.5, 0.6) is 0 Å². The Morgan fingerprint density at radius 1 is 1.19 bits per heavy atom. The number of methoxy groups -OCH3 is 1. The van der Waals surface area contributed by atoms with E-state index in [2.05, 4.69) is 39.7 Å². The zero-order chi connectivity index (χ0) is 22.9. The summed E-state index contributed by atoms with van der Waals surface area (Å²) in [5, 5.41) is 15.4. The minimum atomic E-state index is -0.250. The fourth-order valence-electron chi connectivity index (χ4n) is 3.16. The van der Waals surface area contributed by atoms with E-state index in [-0.39, 0.29) is 6.47 Å². The molecule has 0 saturated heterocycles. The van der Waals surface area contributed by atoms with Gasteiger partial charge in [0, 0.05) is 41.9 Å². The summed E-state index contributed by atoms with van der Waals surface area (Å²) in [5.41, 5.74) is 4.42. The number of fused-ring (bicyclic) bond motifs is 3. The molecule has 0 bridgehead atoms. The molecule has 0 fully saturated rings. The van der Waals surface area contributed by atoms with Crippen molar-refractivity contribution in [1.82, 2.24) is 15.0 Å². The molecule has 3 N–H and O–H groups in total. The lowest BCUT2D eigenvalue weighted by Gasteiger charge is -2.13. The zero-order valence-corrected chi connectivity index (χ0v) is 17.8. The first-order chi connectivity index (χ1) is 15.6.